The molecule has 0 bridgehead atoms. The molecule has 0 aromatic carbocycles. The van der Waals surface area contributed by atoms with E-state index in [9.17, 15) is 0 Å². The summed E-state index contributed by atoms with van der Waals surface area (Å²) in [6.07, 6.45) is -1.10. The Morgan fingerprint density at radius 1 is 1.56 bits per heavy atom. The van der Waals surface area contributed by atoms with Crippen molar-refractivity contribution < 1.29 is 15.3 Å². The average Bonchev–Trinajstić information content (AvgIpc) is 1.79. The predicted octanol–water partition coefficient (Wildman–Crippen LogP) is -2.03. The largest absolute Gasteiger partial charge is 0.392 e. The molecule has 0 saturated carbocycles. The second kappa shape index (κ2) is 2.62. The third-order valence-corrected chi connectivity index (χ3v) is 1.48. The first kappa shape index (κ1) is 6.95. The maximum atomic E-state index is 8.86. The van der Waals surface area contributed by atoms with Crippen LogP contribution in [0.2, 0.25) is 0 Å². The summed E-state index contributed by atoms with van der Waals surface area (Å²) in [5.41, 5.74) is 0. The summed E-state index contributed by atoms with van der Waals surface area (Å²) in [5.74, 6) is 0. The van der Waals surface area contributed by atoms with Gasteiger partial charge in [0.05, 0.1) is 12.7 Å². The van der Waals surface area contributed by atoms with Crippen molar-refractivity contribution in [1.29, 1.82) is 0 Å². The van der Waals surface area contributed by atoms with E-state index in [2.05, 4.69) is 0 Å². The molecule has 54 valence electrons. The number of rotatable bonds is 2. The van der Waals surface area contributed by atoms with Gasteiger partial charge in [0.1, 0.15) is 6.23 Å². The van der Waals surface area contributed by atoms with Gasteiger partial charge in [-0.1, -0.05) is 0 Å². The maximum Gasteiger partial charge on any atom is 0.130 e. The van der Waals surface area contributed by atoms with Crippen LogP contribution in [0.1, 0.15) is 0 Å². The monoisotopic (exact) mass is 133 g/mol. The molecule has 1 aliphatic heterocycles. The highest BCUT2D eigenvalue weighted by Crippen LogP contribution is 2.09. The average molecular weight is 133 g/mol. The molecular weight excluding hydrogens is 122 g/mol. The minimum Gasteiger partial charge on any atom is -0.392 e. The molecule has 0 aromatic heterocycles. The van der Waals surface area contributed by atoms with Crippen molar-refractivity contribution in [2.24, 2.45) is 0 Å². The molecular formula is C5H11NO3. The Bertz CT molecular complexity index is 92.2. The van der Waals surface area contributed by atoms with Gasteiger partial charge < -0.3 is 15.3 Å². The molecule has 1 atom stereocenters. The number of β-amino-alcohol motifs (C(OH)–C–C–N with tert-alkyl or cyclic N) is 1. The summed E-state index contributed by atoms with van der Waals surface area (Å²) in [4.78, 5) is 1.60. The molecule has 1 aliphatic rings. The fraction of sp³-hybridized carbons (Fsp3) is 1.00. The van der Waals surface area contributed by atoms with E-state index in [1.165, 1.54) is 0 Å². The Morgan fingerprint density at radius 2 is 2.11 bits per heavy atom. The molecule has 1 heterocycles. The zero-order valence-corrected chi connectivity index (χ0v) is 5.06. The van der Waals surface area contributed by atoms with Crippen molar-refractivity contribution in [3.8, 4) is 0 Å². The minimum atomic E-state index is -0.784. The van der Waals surface area contributed by atoms with E-state index in [4.69, 9.17) is 15.3 Å². The fourth-order valence-electron chi connectivity index (χ4n) is 0.847. The Balaban J connectivity index is 2.15. The van der Waals surface area contributed by atoms with Gasteiger partial charge in [-0.05, 0) is 0 Å². The van der Waals surface area contributed by atoms with Crippen molar-refractivity contribution in [2.45, 2.75) is 12.3 Å². The molecule has 0 aliphatic carbocycles. The fourth-order valence-corrected chi connectivity index (χ4v) is 0.847. The molecule has 4 heteroatoms. The lowest BCUT2D eigenvalue weighted by atomic mass is 10.2. The Morgan fingerprint density at radius 3 is 2.44 bits per heavy atom. The topological polar surface area (TPSA) is 63.9 Å². The molecule has 3 N–H and O–H groups in total. The zero-order valence-electron chi connectivity index (χ0n) is 5.06. The molecule has 9 heavy (non-hydrogen) atoms. The first-order valence-corrected chi connectivity index (χ1v) is 2.95. The van der Waals surface area contributed by atoms with Gasteiger partial charge in [-0.2, -0.15) is 0 Å². The molecule has 1 rings (SSSR count). The maximum absolute atomic E-state index is 8.86. The van der Waals surface area contributed by atoms with E-state index in [1.54, 1.807) is 4.90 Å². The Kier molecular flexibility index (Phi) is 2.02. The molecule has 0 radical (unpaired) electrons. The van der Waals surface area contributed by atoms with Crippen LogP contribution in [0.3, 0.4) is 0 Å². The molecule has 1 unspecified atom stereocenters. The number of hydrogen-bond donors (Lipinski definition) is 3. The lowest BCUT2D eigenvalue weighted by molar-refractivity contribution is -0.116. The zero-order chi connectivity index (χ0) is 6.85. The number of aliphatic hydroxyl groups excluding tert-OH is 3. The third kappa shape index (κ3) is 1.40. The number of hydrogen-bond acceptors (Lipinski definition) is 4. The van der Waals surface area contributed by atoms with Crippen LogP contribution in [0.5, 0.6) is 0 Å². The molecule has 0 spiro atoms. The highest BCUT2D eigenvalue weighted by atomic mass is 16.3. The molecule has 1 fully saturated rings. The van der Waals surface area contributed by atoms with Crippen molar-refractivity contribution in [1.82, 2.24) is 4.90 Å². The van der Waals surface area contributed by atoms with Crippen LogP contribution in [-0.4, -0.2) is 52.2 Å². The molecule has 0 amide bonds. The highest BCUT2D eigenvalue weighted by Gasteiger charge is 2.28. The number of aliphatic hydroxyl groups is 3. The normalized spacial score (nSPS) is 25.7. The highest BCUT2D eigenvalue weighted by molar-refractivity contribution is 4.79. The Labute approximate surface area is 53.3 Å². The van der Waals surface area contributed by atoms with Crippen LogP contribution in [0.25, 0.3) is 0 Å². The van der Waals surface area contributed by atoms with E-state index in [0.717, 1.165) is 0 Å². The summed E-state index contributed by atoms with van der Waals surface area (Å²) in [5, 5.41) is 26.0. The van der Waals surface area contributed by atoms with Crippen LogP contribution in [0.4, 0.5) is 0 Å². The molecule has 4 nitrogen and oxygen atoms in total. The van der Waals surface area contributed by atoms with E-state index < -0.39 is 6.23 Å². The van der Waals surface area contributed by atoms with E-state index in [-0.39, 0.29) is 12.7 Å². The van der Waals surface area contributed by atoms with Crippen molar-refractivity contribution in [2.75, 3.05) is 19.7 Å². The van der Waals surface area contributed by atoms with Crippen LogP contribution >= 0.6 is 0 Å². The molecule has 1 saturated heterocycles. The lowest BCUT2D eigenvalue weighted by Gasteiger charge is -2.38. The smallest absolute Gasteiger partial charge is 0.130 e. The second-order valence-electron chi connectivity index (χ2n) is 2.27. The first-order chi connectivity index (χ1) is 4.24. The van der Waals surface area contributed by atoms with Gasteiger partial charge in [-0.15, -0.1) is 0 Å². The van der Waals surface area contributed by atoms with Gasteiger partial charge in [0.2, 0.25) is 0 Å². The molecule has 0 aromatic rings. The third-order valence-electron chi connectivity index (χ3n) is 1.48. The van der Waals surface area contributed by atoms with Crippen molar-refractivity contribution >= 4 is 0 Å². The standard InChI is InChI=1S/C5H11NO3/c7-3-5(9)6-1-4(8)2-6/h4-5,7-9H,1-3H2. The van der Waals surface area contributed by atoms with Crippen molar-refractivity contribution in [3.63, 3.8) is 0 Å². The van der Waals surface area contributed by atoms with E-state index in [0.29, 0.717) is 13.1 Å². The van der Waals surface area contributed by atoms with E-state index >= 15 is 0 Å². The number of likely N-dealkylation sites (tertiary alicyclic amines) is 1. The Hall–Kier alpha value is -0.160. The van der Waals surface area contributed by atoms with Crippen LogP contribution < -0.4 is 0 Å². The van der Waals surface area contributed by atoms with Crippen LogP contribution in [-0.2, 0) is 0 Å². The van der Waals surface area contributed by atoms with Gasteiger partial charge in [-0.3, -0.25) is 4.90 Å². The summed E-state index contributed by atoms with van der Waals surface area (Å²) < 4.78 is 0. The summed E-state index contributed by atoms with van der Waals surface area (Å²) in [6, 6.07) is 0. The minimum absolute atomic E-state index is 0.257. The first-order valence-electron chi connectivity index (χ1n) is 2.95. The van der Waals surface area contributed by atoms with Gasteiger partial charge in [0.25, 0.3) is 0 Å². The lowest BCUT2D eigenvalue weighted by Crippen LogP contribution is -2.56. The quantitative estimate of drug-likeness (QED) is 0.406. The second-order valence-corrected chi connectivity index (χ2v) is 2.27. The van der Waals surface area contributed by atoms with Gasteiger partial charge >= 0.3 is 0 Å². The summed E-state index contributed by atoms with van der Waals surface area (Å²) in [7, 11) is 0. The SMILES string of the molecule is OCC(O)N1CC(O)C1. The van der Waals surface area contributed by atoms with E-state index in [1.807, 2.05) is 0 Å². The van der Waals surface area contributed by atoms with Crippen molar-refractivity contribution in [3.05, 3.63) is 0 Å². The number of nitrogens with zero attached hydrogens (tertiary/aromatic N) is 1. The summed E-state index contributed by atoms with van der Waals surface area (Å²) in [6.45, 7) is 0.691. The van der Waals surface area contributed by atoms with Gasteiger partial charge in [-0.25, -0.2) is 0 Å². The van der Waals surface area contributed by atoms with Gasteiger partial charge in [0, 0.05) is 13.1 Å². The van der Waals surface area contributed by atoms with Crippen LogP contribution in [0, 0.1) is 0 Å². The van der Waals surface area contributed by atoms with Gasteiger partial charge in [0.15, 0.2) is 0 Å². The summed E-state index contributed by atoms with van der Waals surface area (Å²) >= 11 is 0. The predicted molar refractivity (Wildman–Crippen MR) is 30.7 cm³/mol. The van der Waals surface area contributed by atoms with Crippen LogP contribution in [0.15, 0.2) is 0 Å².